The van der Waals surface area contributed by atoms with Gasteiger partial charge in [0, 0.05) is 5.92 Å². The van der Waals surface area contributed by atoms with Crippen molar-refractivity contribution in [2.24, 2.45) is 23.7 Å². The monoisotopic (exact) mass is 247 g/mol. The van der Waals surface area contributed by atoms with Gasteiger partial charge in [0.15, 0.2) is 5.89 Å². The van der Waals surface area contributed by atoms with E-state index in [4.69, 9.17) is 9.52 Å². The second kappa shape index (κ2) is 3.37. The number of hydrogen-bond donors (Lipinski definition) is 1. The molecule has 0 spiro atoms. The van der Waals surface area contributed by atoms with E-state index in [1.807, 2.05) is 6.92 Å². The number of aryl methyl sites for hydroxylation is 1. The van der Waals surface area contributed by atoms with E-state index in [9.17, 15) is 4.79 Å². The van der Waals surface area contributed by atoms with E-state index in [0.29, 0.717) is 23.9 Å². The third kappa shape index (κ3) is 1.21. The second-order valence-electron chi connectivity index (χ2n) is 6.00. The lowest BCUT2D eigenvalue weighted by atomic mass is 10.0. The molecule has 3 saturated carbocycles. The van der Waals surface area contributed by atoms with Crippen LogP contribution in [0, 0.1) is 23.7 Å². The van der Waals surface area contributed by atoms with Crippen LogP contribution in [0.25, 0.3) is 0 Å². The van der Waals surface area contributed by atoms with Gasteiger partial charge < -0.3 is 9.52 Å². The summed E-state index contributed by atoms with van der Waals surface area (Å²) >= 11 is 0. The summed E-state index contributed by atoms with van der Waals surface area (Å²) in [6.45, 7) is 1.92. The Morgan fingerprint density at radius 3 is 2.56 bits per heavy atom. The van der Waals surface area contributed by atoms with Gasteiger partial charge >= 0.3 is 5.97 Å². The summed E-state index contributed by atoms with van der Waals surface area (Å²) in [5.74, 6) is 3.41. The Labute approximate surface area is 105 Å². The molecule has 4 atom stereocenters. The number of carbonyl (C=O) groups is 1. The molecule has 1 heterocycles. The van der Waals surface area contributed by atoms with E-state index in [-0.39, 0.29) is 5.76 Å². The zero-order valence-corrected chi connectivity index (χ0v) is 10.4. The minimum Gasteiger partial charge on any atom is -0.475 e. The van der Waals surface area contributed by atoms with Crippen LogP contribution in [0.2, 0.25) is 0 Å². The van der Waals surface area contributed by atoms with Gasteiger partial charge in [-0.25, -0.2) is 9.78 Å². The van der Waals surface area contributed by atoms with E-state index in [0.717, 1.165) is 23.7 Å². The van der Waals surface area contributed by atoms with Crippen molar-refractivity contribution in [2.45, 2.75) is 38.5 Å². The summed E-state index contributed by atoms with van der Waals surface area (Å²) in [5, 5.41) is 9.10. The van der Waals surface area contributed by atoms with Gasteiger partial charge in [-0.15, -0.1) is 0 Å². The highest BCUT2D eigenvalue weighted by molar-refractivity contribution is 5.85. The molecule has 4 unspecified atom stereocenters. The van der Waals surface area contributed by atoms with E-state index < -0.39 is 5.97 Å². The molecule has 18 heavy (non-hydrogen) atoms. The number of aromatic carboxylic acids is 1. The Kier molecular flexibility index (Phi) is 1.98. The van der Waals surface area contributed by atoms with Crippen LogP contribution in [0.5, 0.6) is 0 Å². The number of hydrogen-bond acceptors (Lipinski definition) is 3. The summed E-state index contributed by atoms with van der Waals surface area (Å²) in [5.41, 5.74) is 0.606. The average Bonchev–Trinajstić information content (AvgIpc) is 2.75. The van der Waals surface area contributed by atoms with Crippen LogP contribution in [-0.2, 0) is 6.42 Å². The summed E-state index contributed by atoms with van der Waals surface area (Å²) in [4.78, 5) is 15.5. The third-order valence-corrected chi connectivity index (χ3v) is 5.26. The quantitative estimate of drug-likeness (QED) is 0.892. The van der Waals surface area contributed by atoms with Crippen LogP contribution in [0.3, 0.4) is 0 Å². The van der Waals surface area contributed by atoms with Gasteiger partial charge in [-0.2, -0.15) is 0 Å². The van der Waals surface area contributed by atoms with Crippen molar-refractivity contribution in [3.8, 4) is 0 Å². The number of aromatic nitrogens is 1. The Hall–Kier alpha value is -1.32. The highest BCUT2D eigenvalue weighted by Gasteiger charge is 2.67. The van der Waals surface area contributed by atoms with Crippen molar-refractivity contribution in [3.63, 3.8) is 0 Å². The minimum absolute atomic E-state index is 0.0600. The highest BCUT2D eigenvalue weighted by atomic mass is 16.4. The predicted molar refractivity (Wildman–Crippen MR) is 63.4 cm³/mol. The summed E-state index contributed by atoms with van der Waals surface area (Å²) in [7, 11) is 0. The number of fused-ring (bicyclic) bond motifs is 5. The van der Waals surface area contributed by atoms with Crippen molar-refractivity contribution in [2.75, 3.05) is 0 Å². The van der Waals surface area contributed by atoms with E-state index in [2.05, 4.69) is 4.98 Å². The molecule has 4 nitrogen and oxygen atoms in total. The van der Waals surface area contributed by atoms with E-state index >= 15 is 0 Å². The summed E-state index contributed by atoms with van der Waals surface area (Å²) < 4.78 is 5.54. The fourth-order valence-corrected chi connectivity index (χ4v) is 4.57. The molecule has 3 aliphatic carbocycles. The number of carboxylic acid groups (broad SMARTS) is 1. The summed E-state index contributed by atoms with van der Waals surface area (Å²) in [6.07, 6.45) is 4.73. The molecule has 4 rings (SSSR count). The number of carboxylic acids is 1. The van der Waals surface area contributed by atoms with Crippen LogP contribution in [0.1, 0.15) is 54.2 Å². The first-order valence-corrected chi connectivity index (χ1v) is 6.93. The molecule has 0 aromatic carbocycles. The molecule has 0 saturated heterocycles. The smallest absolute Gasteiger partial charge is 0.373 e. The van der Waals surface area contributed by atoms with Crippen molar-refractivity contribution in [1.29, 1.82) is 0 Å². The van der Waals surface area contributed by atoms with Crippen LogP contribution >= 0.6 is 0 Å². The number of nitrogens with zero attached hydrogens (tertiary/aromatic N) is 1. The summed E-state index contributed by atoms with van der Waals surface area (Å²) in [6, 6.07) is 0. The first kappa shape index (κ1) is 10.6. The van der Waals surface area contributed by atoms with E-state index in [1.165, 1.54) is 19.3 Å². The molecule has 3 aliphatic rings. The van der Waals surface area contributed by atoms with Crippen LogP contribution in [0.15, 0.2) is 4.42 Å². The first-order chi connectivity index (χ1) is 8.70. The second-order valence-corrected chi connectivity index (χ2v) is 6.00. The topological polar surface area (TPSA) is 63.3 Å². The maximum Gasteiger partial charge on any atom is 0.373 e. The maximum atomic E-state index is 11.1. The van der Waals surface area contributed by atoms with Crippen molar-refractivity contribution in [1.82, 2.24) is 4.98 Å². The molecular formula is C14H17NO3. The van der Waals surface area contributed by atoms with Crippen molar-refractivity contribution >= 4 is 5.97 Å². The predicted octanol–water partition coefficient (Wildman–Crippen LogP) is 2.69. The van der Waals surface area contributed by atoms with Gasteiger partial charge in [0.05, 0.1) is 5.69 Å². The largest absolute Gasteiger partial charge is 0.475 e. The number of rotatable bonds is 3. The van der Waals surface area contributed by atoms with Crippen molar-refractivity contribution < 1.29 is 14.3 Å². The average molecular weight is 247 g/mol. The van der Waals surface area contributed by atoms with Crippen LogP contribution < -0.4 is 0 Å². The fraction of sp³-hybridized carbons (Fsp3) is 0.714. The Balaban J connectivity index is 1.65. The third-order valence-electron chi connectivity index (χ3n) is 5.26. The van der Waals surface area contributed by atoms with Crippen molar-refractivity contribution in [3.05, 3.63) is 17.3 Å². The molecule has 1 aromatic rings. The van der Waals surface area contributed by atoms with Gasteiger partial charge in [-0.1, -0.05) is 6.92 Å². The molecule has 1 aromatic heterocycles. The Morgan fingerprint density at radius 1 is 1.39 bits per heavy atom. The Morgan fingerprint density at radius 2 is 2.06 bits per heavy atom. The van der Waals surface area contributed by atoms with Gasteiger partial charge in [0.25, 0.3) is 0 Å². The zero-order valence-electron chi connectivity index (χ0n) is 10.4. The van der Waals surface area contributed by atoms with Gasteiger partial charge in [-0.05, 0) is 49.4 Å². The van der Waals surface area contributed by atoms with Gasteiger partial charge in [0.2, 0.25) is 5.76 Å². The SMILES string of the molecule is CCc1nc(C2C3C4CCC(C4)C23)oc1C(=O)O. The van der Waals surface area contributed by atoms with Crippen LogP contribution in [0.4, 0.5) is 0 Å². The lowest BCUT2D eigenvalue weighted by Crippen LogP contribution is -1.98. The lowest BCUT2D eigenvalue weighted by Gasteiger charge is -2.04. The first-order valence-electron chi connectivity index (χ1n) is 6.93. The zero-order chi connectivity index (χ0) is 12.4. The molecule has 0 radical (unpaired) electrons. The van der Waals surface area contributed by atoms with E-state index in [1.54, 1.807) is 0 Å². The molecule has 4 heteroatoms. The fourth-order valence-electron chi connectivity index (χ4n) is 4.57. The highest BCUT2D eigenvalue weighted by Crippen LogP contribution is 2.72. The molecule has 2 bridgehead atoms. The normalized spacial score (nSPS) is 39.9. The van der Waals surface area contributed by atoms with Gasteiger partial charge in [0.1, 0.15) is 0 Å². The molecule has 96 valence electrons. The maximum absolute atomic E-state index is 11.1. The molecular weight excluding hydrogens is 230 g/mol. The molecule has 3 fully saturated rings. The minimum atomic E-state index is -0.987. The van der Waals surface area contributed by atoms with Gasteiger partial charge in [-0.3, -0.25) is 0 Å². The molecule has 1 N–H and O–H groups in total. The molecule has 0 amide bonds. The molecule has 0 aliphatic heterocycles. The van der Waals surface area contributed by atoms with Crippen LogP contribution in [-0.4, -0.2) is 16.1 Å². The standard InChI is InChI=1S/C14H17NO3/c1-2-8-12(14(16)17)18-13(15-8)11-9-6-3-4-7(5-6)10(9)11/h6-7,9-11H,2-5H2,1H3,(H,16,17). The number of oxazole rings is 1. The lowest BCUT2D eigenvalue weighted by molar-refractivity contribution is 0.0658. The Bertz CT molecular complexity index is 505.